The molecule has 0 amide bonds. The lowest BCUT2D eigenvalue weighted by Crippen LogP contribution is -2.12. The number of hydrogen-bond donors (Lipinski definition) is 2. The number of anilines is 2. The molecule has 0 unspecified atom stereocenters. The molecule has 0 aliphatic heterocycles. The second-order valence-electron chi connectivity index (χ2n) is 4.96. The molecule has 2 nitrogen and oxygen atoms in total. The lowest BCUT2D eigenvalue weighted by atomic mass is 9.87. The lowest BCUT2D eigenvalue weighted by Gasteiger charge is -2.21. The summed E-state index contributed by atoms with van der Waals surface area (Å²) in [4.78, 5) is 0. The Labute approximate surface area is 112 Å². The van der Waals surface area contributed by atoms with E-state index in [0.29, 0.717) is 0 Å². The van der Waals surface area contributed by atoms with Crippen molar-refractivity contribution < 1.29 is 0 Å². The van der Waals surface area contributed by atoms with Crippen molar-refractivity contribution in [1.82, 2.24) is 0 Å². The van der Waals surface area contributed by atoms with E-state index in [1.165, 1.54) is 38.5 Å². The Bertz CT molecular complexity index is 359. The predicted octanol–water partition coefficient (Wildman–Crippen LogP) is 4.41. The Morgan fingerprint density at radius 2 is 2.00 bits per heavy atom. The molecule has 0 aromatic heterocycles. The van der Waals surface area contributed by atoms with Crippen LogP contribution in [-0.2, 0) is 0 Å². The molecule has 94 valence electrons. The van der Waals surface area contributed by atoms with Crippen LogP contribution in [0.1, 0.15) is 38.5 Å². The van der Waals surface area contributed by atoms with Crippen LogP contribution in [0.15, 0.2) is 22.7 Å². The number of benzene rings is 1. The molecule has 1 aliphatic carbocycles. The Morgan fingerprint density at radius 1 is 1.24 bits per heavy atom. The number of nitrogen functional groups attached to an aromatic ring is 1. The van der Waals surface area contributed by atoms with Gasteiger partial charge in [-0.25, -0.2) is 0 Å². The van der Waals surface area contributed by atoms with Gasteiger partial charge in [-0.15, -0.1) is 0 Å². The first-order chi connectivity index (χ1) is 8.25. The Kier molecular flexibility index (Phi) is 4.72. The van der Waals surface area contributed by atoms with Gasteiger partial charge in [-0.3, -0.25) is 0 Å². The normalized spacial score (nSPS) is 17.0. The van der Waals surface area contributed by atoms with Gasteiger partial charge >= 0.3 is 0 Å². The van der Waals surface area contributed by atoms with Crippen molar-refractivity contribution in [3.8, 4) is 0 Å². The molecule has 0 radical (unpaired) electrons. The smallest absolute Gasteiger partial charge is 0.0486 e. The molecule has 1 aromatic rings. The van der Waals surface area contributed by atoms with Crippen molar-refractivity contribution >= 4 is 27.3 Å². The van der Waals surface area contributed by atoms with Crippen LogP contribution in [0.25, 0.3) is 0 Å². The fourth-order valence-corrected chi connectivity index (χ4v) is 3.10. The van der Waals surface area contributed by atoms with Crippen molar-refractivity contribution in [2.24, 2.45) is 5.92 Å². The Morgan fingerprint density at radius 3 is 2.71 bits per heavy atom. The van der Waals surface area contributed by atoms with Gasteiger partial charge in [0.1, 0.15) is 0 Å². The first-order valence-corrected chi connectivity index (χ1v) is 7.34. The third-order valence-corrected chi connectivity index (χ3v) is 4.24. The summed E-state index contributed by atoms with van der Waals surface area (Å²) >= 11 is 3.53. The minimum absolute atomic E-state index is 0.801. The number of hydrogen-bond acceptors (Lipinski definition) is 2. The molecule has 3 heteroatoms. The van der Waals surface area contributed by atoms with Crippen LogP contribution in [0.2, 0.25) is 0 Å². The molecule has 0 heterocycles. The highest BCUT2D eigenvalue weighted by Crippen LogP contribution is 2.28. The van der Waals surface area contributed by atoms with Gasteiger partial charge in [-0.1, -0.05) is 32.1 Å². The molecule has 3 N–H and O–H groups in total. The van der Waals surface area contributed by atoms with Crippen LogP contribution in [0, 0.1) is 5.92 Å². The molecule has 1 aromatic carbocycles. The SMILES string of the molecule is Nc1ccc(NCCC2CCCCC2)c(Br)c1. The molecule has 0 saturated heterocycles. The van der Waals surface area contributed by atoms with Gasteiger partial charge in [-0.2, -0.15) is 0 Å². The molecule has 2 rings (SSSR count). The van der Waals surface area contributed by atoms with Gasteiger partial charge in [0.15, 0.2) is 0 Å². The molecule has 1 fully saturated rings. The Balaban J connectivity index is 1.77. The topological polar surface area (TPSA) is 38.0 Å². The first kappa shape index (κ1) is 12.7. The quantitative estimate of drug-likeness (QED) is 0.808. The molecular formula is C14H21BrN2. The second kappa shape index (κ2) is 6.29. The van der Waals surface area contributed by atoms with Crippen molar-refractivity contribution in [2.75, 3.05) is 17.6 Å². The number of rotatable bonds is 4. The standard InChI is InChI=1S/C14H21BrN2/c15-13-10-12(16)6-7-14(13)17-9-8-11-4-2-1-3-5-11/h6-7,10-11,17H,1-5,8-9,16H2. The van der Waals surface area contributed by atoms with E-state index in [9.17, 15) is 0 Å². The summed E-state index contributed by atoms with van der Waals surface area (Å²) in [5, 5.41) is 3.49. The lowest BCUT2D eigenvalue weighted by molar-refractivity contribution is 0.345. The van der Waals surface area contributed by atoms with E-state index in [1.807, 2.05) is 18.2 Å². The van der Waals surface area contributed by atoms with Crippen LogP contribution in [0.3, 0.4) is 0 Å². The van der Waals surface area contributed by atoms with Crippen LogP contribution >= 0.6 is 15.9 Å². The minimum Gasteiger partial charge on any atom is -0.399 e. The van der Waals surface area contributed by atoms with E-state index >= 15 is 0 Å². The van der Waals surface area contributed by atoms with Crippen molar-refractivity contribution in [1.29, 1.82) is 0 Å². The maximum atomic E-state index is 5.72. The summed E-state index contributed by atoms with van der Waals surface area (Å²) in [6, 6.07) is 5.93. The van der Waals surface area contributed by atoms with Gasteiger partial charge in [0.25, 0.3) is 0 Å². The van der Waals surface area contributed by atoms with Crippen LogP contribution in [0.5, 0.6) is 0 Å². The van der Waals surface area contributed by atoms with Gasteiger partial charge in [0.05, 0.1) is 0 Å². The highest BCUT2D eigenvalue weighted by atomic mass is 79.9. The zero-order valence-electron chi connectivity index (χ0n) is 10.2. The highest BCUT2D eigenvalue weighted by Gasteiger charge is 2.12. The second-order valence-corrected chi connectivity index (χ2v) is 5.81. The van der Waals surface area contributed by atoms with E-state index in [1.54, 1.807) is 0 Å². The summed E-state index contributed by atoms with van der Waals surface area (Å²) in [6.45, 7) is 1.06. The van der Waals surface area contributed by atoms with E-state index in [-0.39, 0.29) is 0 Å². The molecule has 17 heavy (non-hydrogen) atoms. The van der Waals surface area contributed by atoms with Gasteiger partial charge in [0, 0.05) is 22.4 Å². The van der Waals surface area contributed by atoms with Crippen LogP contribution in [-0.4, -0.2) is 6.54 Å². The third kappa shape index (κ3) is 3.91. The first-order valence-electron chi connectivity index (χ1n) is 6.54. The largest absolute Gasteiger partial charge is 0.399 e. The Hall–Kier alpha value is -0.700. The van der Waals surface area contributed by atoms with Crippen LogP contribution in [0.4, 0.5) is 11.4 Å². The highest BCUT2D eigenvalue weighted by molar-refractivity contribution is 9.10. The molecule has 1 aliphatic rings. The van der Waals surface area contributed by atoms with Gasteiger partial charge < -0.3 is 11.1 Å². The number of halogens is 1. The van der Waals surface area contributed by atoms with Gasteiger partial charge in [-0.05, 0) is 46.5 Å². The maximum absolute atomic E-state index is 5.72. The minimum atomic E-state index is 0.801. The van der Waals surface area contributed by atoms with Crippen LogP contribution < -0.4 is 11.1 Å². The molecule has 1 saturated carbocycles. The zero-order valence-corrected chi connectivity index (χ0v) is 11.8. The van der Waals surface area contributed by atoms with E-state index < -0.39 is 0 Å². The fourth-order valence-electron chi connectivity index (χ4n) is 2.56. The van der Waals surface area contributed by atoms with Crippen molar-refractivity contribution in [3.05, 3.63) is 22.7 Å². The van der Waals surface area contributed by atoms with E-state index in [0.717, 1.165) is 28.3 Å². The summed E-state index contributed by atoms with van der Waals surface area (Å²) < 4.78 is 1.06. The predicted molar refractivity (Wildman–Crippen MR) is 78.2 cm³/mol. The van der Waals surface area contributed by atoms with E-state index in [4.69, 9.17) is 5.73 Å². The average Bonchev–Trinajstić information content (AvgIpc) is 2.33. The monoisotopic (exact) mass is 296 g/mol. The van der Waals surface area contributed by atoms with Crippen molar-refractivity contribution in [2.45, 2.75) is 38.5 Å². The summed E-state index contributed by atoms with van der Waals surface area (Å²) in [6.07, 6.45) is 8.42. The number of nitrogens with two attached hydrogens (primary N) is 1. The molecule has 0 spiro atoms. The molecule has 0 bridgehead atoms. The van der Waals surface area contributed by atoms with Gasteiger partial charge in [0.2, 0.25) is 0 Å². The fraction of sp³-hybridized carbons (Fsp3) is 0.571. The molecular weight excluding hydrogens is 276 g/mol. The number of nitrogens with one attached hydrogen (secondary N) is 1. The zero-order chi connectivity index (χ0) is 12.1. The summed E-state index contributed by atoms with van der Waals surface area (Å²) in [5.74, 6) is 0.934. The molecule has 0 atom stereocenters. The van der Waals surface area contributed by atoms with Crippen molar-refractivity contribution in [3.63, 3.8) is 0 Å². The average molecular weight is 297 g/mol. The van der Waals surface area contributed by atoms with E-state index in [2.05, 4.69) is 21.2 Å². The summed E-state index contributed by atoms with van der Waals surface area (Å²) in [5.41, 5.74) is 7.66. The maximum Gasteiger partial charge on any atom is 0.0486 e. The third-order valence-electron chi connectivity index (χ3n) is 3.59. The summed E-state index contributed by atoms with van der Waals surface area (Å²) in [7, 11) is 0.